The summed E-state index contributed by atoms with van der Waals surface area (Å²) in [5.41, 5.74) is 1.69. The number of aliphatic hydroxyl groups excluding tert-OH is 1. The molecule has 2 aromatic rings. The predicted octanol–water partition coefficient (Wildman–Crippen LogP) is 2.49. The molecule has 0 amide bonds. The number of carboxylic acids is 1. The van der Waals surface area contributed by atoms with Crippen molar-refractivity contribution in [2.75, 3.05) is 11.9 Å². The molecule has 0 aliphatic carbocycles. The lowest BCUT2D eigenvalue weighted by atomic mass is 10.1. The van der Waals surface area contributed by atoms with Gasteiger partial charge in [0.1, 0.15) is 5.82 Å². The molecule has 1 heterocycles. The second kappa shape index (κ2) is 6.85. The fourth-order valence-electron chi connectivity index (χ4n) is 1.98. The number of aryl methyl sites for hydroxylation is 1. The highest BCUT2D eigenvalue weighted by Gasteiger charge is 2.10. The van der Waals surface area contributed by atoms with Gasteiger partial charge in [-0.2, -0.15) is 0 Å². The van der Waals surface area contributed by atoms with E-state index in [4.69, 9.17) is 5.11 Å². The van der Waals surface area contributed by atoms with Crippen LogP contribution in [-0.2, 0) is 6.42 Å². The van der Waals surface area contributed by atoms with Crippen LogP contribution in [0, 0.1) is 0 Å². The molecule has 1 unspecified atom stereocenters. The lowest BCUT2D eigenvalue weighted by molar-refractivity contribution is 0.0696. The Morgan fingerprint density at radius 2 is 2.00 bits per heavy atom. The van der Waals surface area contributed by atoms with E-state index in [9.17, 15) is 9.90 Å². The van der Waals surface area contributed by atoms with Crippen molar-refractivity contribution in [3.8, 4) is 0 Å². The van der Waals surface area contributed by atoms with Crippen LogP contribution in [0.25, 0.3) is 0 Å². The zero-order valence-corrected chi connectivity index (χ0v) is 11.8. The van der Waals surface area contributed by atoms with E-state index in [1.165, 1.54) is 6.07 Å². The van der Waals surface area contributed by atoms with Crippen molar-refractivity contribution in [3.63, 3.8) is 0 Å². The van der Waals surface area contributed by atoms with E-state index in [1.54, 1.807) is 6.07 Å². The Bertz CT molecular complexity index is 614. The van der Waals surface area contributed by atoms with Crippen molar-refractivity contribution in [1.29, 1.82) is 0 Å². The summed E-state index contributed by atoms with van der Waals surface area (Å²) in [6.45, 7) is 2.18. The molecule has 1 aromatic heterocycles. The van der Waals surface area contributed by atoms with Gasteiger partial charge in [-0.25, -0.2) is 9.78 Å². The van der Waals surface area contributed by atoms with Gasteiger partial charge < -0.3 is 15.5 Å². The summed E-state index contributed by atoms with van der Waals surface area (Å²) in [6.07, 6.45) is -0.0246. The Kier molecular flexibility index (Phi) is 4.90. The van der Waals surface area contributed by atoms with Crippen molar-refractivity contribution in [3.05, 3.63) is 59.3 Å². The molecule has 0 bridgehead atoms. The van der Waals surface area contributed by atoms with E-state index in [-0.39, 0.29) is 12.1 Å². The van der Waals surface area contributed by atoms with E-state index in [0.717, 1.165) is 5.56 Å². The van der Waals surface area contributed by atoms with Gasteiger partial charge in [0.05, 0.1) is 11.7 Å². The summed E-state index contributed by atoms with van der Waals surface area (Å²) >= 11 is 0. The maximum Gasteiger partial charge on any atom is 0.335 e. The molecule has 1 atom stereocenters. The highest BCUT2D eigenvalue weighted by atomic mass is 16.4. The summed E-state index contributed by atoms with van der Waals surface area (Å²) in [5.74, 6) is -0.527. The van der Waals surface area contributed by atoms with Gasteiger partial charge in [-0.1, -0.05) is 37.3 Å². The minimum absolute atomic E-state index is 0.193. The Morgan fingerprint density at radius 3 is 2.62 bits per heavy atom. The van der Waals surface area contributed by atoms with Crippen LogP contribution < -0.4 is 5.32 Å². The van der Waals surface area contributed by atoms with E-state index >= 15 is 0 Å². The van der Waals surface area contributed by atoms with Gasteiger partial charge in [-0.15, -0.1) is 0 Å². The van der Waals surface area contributed by atoms with E-state index in [1.807, 2.05) is 37.3 Å². The van der Waals surface area contributed by atoms with Gasteiger partial charge in [0, 0.05) is 12.2 Å². The maximum atomic E-state index is 11.1. The number of pyridine rings is 1. The average Bonchev–Trinajstić information content (AvgIpc) is 2.53. The third-order valence-electron chi connectivity index (χ3n) is 3.15. The number of carboxylic acid groups (broad SMARTS) is 1. The molecule has 0 spiro atoms. The summed E-state index contributed by atoms with van der Waals surface area (Å²) in [6, 6.07) is 12.3. The molecule has 1 aromatic carbocycles. The molecule has 2 rings (SSSR count). The number of aromatic nitrogens is 1. The monoisotopic (exact) mass is 286 g/mol. The summed E-state index contributed by atoms with van der Waals surface area (Å²) < 4.78 is 0. The zero-order chi connectivity index (χ0) is 15.2. The van der Waals surface area contributed by atoms with Crippen molar-refractivity contribution in [1.82, 2.24) is 4.98 Å². The molecule has 110 valence electrons. The van der Waals surface area contributed by atoms with Crippen LogP contribution in [0.1, 0.15) is 34.6 Å². The second-order valence-corrected chi connectivity index (χ2v) is 4.70. The molecule has 0 aliphatic heterocycles. The molecular weight excluding hydrogens is 268 g/mol. The highest BCUT2D eigenvalue weighted by Crippen LogP contribution is 2.15. The van der Waals surface area contributed by atoms with Crippen LogP contribution in [0.5, 0.6) is 0 Å². The Balaban J connectivity index is 2.09. The van der Waals surface area contributed by atoms with Gasteiger partial charge >= 0.3 is 5.97 Å². The van der Waals surface area contributed by atoms with Crippen LogP contribution in [0.15, 0.2) is 42.5 Å². The number of benzene rings is 1. The first-order valence-corrected chi connectivity index (χ1v) is 6.81. The third-order valence-corrected chi connectivity index (χ3v) is 3.15. The molecule has 0 fully saturated rings. The van der Waals surface area contributed by atoms with E-state index < -0.39 is 12.1 Å². The van der Waals surface area contributed by atoms with Crippen molar-refractivity contribution < 1.29 is 15.0 Å². The normalized spacial score (nSPS) is 11.9. The summed E-state index contributed by atoms with van der Waals surface area (Å²) in [5, 5.41) is 22.1. The smallest absolute Gasteiger partial charge is 0.335 e. The van der Waals surface area contributed by atoms with Gasteiger partial charge in [0.2, 0.25) is 0 Å². The first-order chi connectivity index (χ1) is 10.1. The zero-order valence-electron chi connectivity index (χ0n) is 11.8. The molecule has 3 N–H and O–H groups in total. The van der Waals surface area contributed by atoms with Crippen molar-refractivity contribution in [2.45, 2.75) is 19.4 Å². The third kappa shape index (κ3) is 4.03. The number of hydrogen-bond acceptors (Lipinski definition) is 4. The maximum absolute atomic E-state index is 11.1. The van der Waals surface area contributed by atoms with Crippen LogP contribution in [0.4, 0.5) is 5.82 Å². The number of aliphatic hydroxyl groups is 1. The lowest BCUT2D eigenvalue weighted by Gasteiger charge is -2.13. The molecule has 5 nitrogen and oxygen atoms in total. The molecule has 5 heteroatoms. The number of carbonyl (C=O) groups is 1. The van der Waals surface area contributed by atoms with Gasteiger partial charge in [-0.05, 0) is 24.1 Å². The standard InChI is InChI=1S/C16H18N2O3/c1-2-13-8-12(16(20)21)9-15(18-13)17-10-14(19)11-6-4-3-5-7-11/h3-9,14,19H,2,10H2,1H3,(H,17,18)(H,20,21). The van der Waals surface area contributed by atoms with E-state index in [2.05, 4.69) is 10.3 Å². The quantitative estimate of drug-likeness (QED) is 0.760. The topological polar surface area (TPSA) is 82.5 Å². The lowest BCUT2D eigenvalue weighted by Crippen LogP contribution is -2.14. The second-order valence-electron chi connectivity index (χ2n) is 4.70. The number of hydrogen-bond donors (Lipinski definition) is 3. The molecule has 0 aliphatic rings. The largest absolute Gasteiger partial charge is 0.478 e. The van der Waals surface area contributed by atoms with Crippen LogP contribution in [0.2, 0.25) is 0 Å². The van der Waals surface area contributed by atoms with Gasteiger partial charge in [-0.3, -0.25) is 0 Å². The van der Waals surface area contributed by atoms with Gasteiger partial charge in [0.15, 0.2) is 0 Å². The summed E-state index contributed by atoms with van der Waals surface area (Å²) in [7, 11) is 0. The minimum atomic E-state index is -0.987. The molecule has 0 radical (unpaired) electrons. The number of rotatable bonds is 6. The molecular formula is C16H18N2O3. The number of nitrogens with zero attached hydrogens (tertiary/aromatic N) is 1. The van der Waals surface area contributed by atoms with Crippen molar-refractivity contribution in [2.24, 2.45) is 0 Å². The average molecular weight is 286 g/mol. The van der Waals surface area contributed by atoms with Crippen LogP contribution in [-0.4, -0.2) is 27.7 Å². The molecule has 0 saturated carbocycles. The van der Waals surface area contributed by atoms with E-state index in [0.29, 0.717) is 17.9 Å². The van der Waals surface area contributed by atoms with Crippen molar-refractivity contribution >= 4 is 11.8 Å². The Morgan fingerprint density at radius 1 is 1.29 bits per heavy atom. The first kappa shape index (κ1) is 15.0. The number of nitrogens with one attached hydrogen (secondary N) is 1. The Labute approximate surface area is 123 Å². The first-order valence-electron chi connectivity index (χ1n) is 6.81. The van der Waals surface area contributed by atoms with Crippen LogP contribution >= 0.6 is 0 Å². The van der Waals surface area contributed by atoms with Crippen LogP contribution in [0.3, 0.4) is 0 Å². The SMILES string of the molecule is CCc1cc(C(=O)O)cc(NCC(O)c2ccccc2)n1. The predicted molar refractivity (Wildman–Crippen MR) is 80.5 cm³/mol. The minimum Gasteiger partial charge on any atom is -0.478 e. The molecule has 21 heavy (non-hydrogen) atoms. The molecule has 0 saturated heterocycles. The fourth-order valence-corrected chi connectivity index (χ4v) is 1.98. The summed E-state index contributed by atoms with van der Waals surface area (Å²) in [4.78, 5) is 15.4. The number of aromatic carboxylic acids is 1. The number of anilines is 1. The highest BCUT2D eigenvalue weighted by molar-refractivity contribution is 5.88. The fraction of sp³-hybridized carbons (Fsp3) is 0.250. The van der Waals surface area contributed by atoms with Gasteiger partial charge in [0.25, 0.3) is 0 Å². The Hall–Kier alpha value is -2.40.